The fourth-order valence-electron chi connectivity index (χ4n) is 6.66. The van der Waals surface area contributed by atoms with Gasteiger partial charge in [-0.05, 0) is 89.9 Å². The van der Waals surface area contributed by atoms with Gasteiger partial charge in [0.1, 0.15) is 13.2 Å². The van der Waals surface area contributed by atoms with Gasteiger partial charge in [0.2, 0.25) is 0 Å². The highest BCUT2D eigenvalue weighted by atomic mass is 16.7. The smallest absolute Gasteiger partial charge is 0.361 e. The molecule has 0 aromatic heterocycles. The number of hydrogen-bond donors (Lipinski definition) is 1. The molecule has 9 nitrogen and oxygen atoms in total. The molecule has 9 heteroatoms. The van der Waals surface area contributed by atoms with Crippen molar-refractivity contribution in [1.82, 2.24) is 0 Å². The highest BCUT2D eigenvalue weighted by molar-refractivity contribution is 5.71. The van der Waals surface area contributed by atoms with Gasteiger partial charge in [0.15, 0.2) is 6.10 Å². The molecule has 372 valence electrons. The van der Waals surface area contributed by atoms with Crippen molar-refractivity contribution in [2.75, 3.05) is 47.5 Å². The van der Waals surface area contributed by atoms with Crippen LogP contribution in [-0.4, -0.2) is 87.4 Å². The maximum atomic E-state index is 12.8. The third kappa shape index (κ3) is 48.2. The number of hydrogen-bond acceptors (Lipinski definition) is 7. The van der Waals surface area contributed by atoms with E-state index in [0.29, 0.717) is 17.4 Å². The highest BCUT2D eigenvalue weighted by Gasteiger charge is 2.25. The Kier molecular flexibility index (Phi) is 44.4. The molecule has 0 heterocycles. The number of carbonyl (C=O) groups is 3. The average molecular weight is 911 g/mol. The van der Waals surface area contributed by atoms with Gasteiger partial charge in [0.05, 0.1) is 34.4 Å². The van der Waals surface area contributed by atoms with E-state index in [1.807, 2.05) is 21.1 Å². The molecule has 0 rings (SSSR count). The molecule has 0 spiro atoms. The number of nitrogens with zero attached hydrogens (tertiary/aromatic N) is 1. The van der Waals surface area contributed by atoms with Crippen LogP contribution >= 0.6 is 0 Å². The molecule has 0 bridgehead atoms. The van der Waals surface area contributed by atoms with Gasteiger partial charge >= 0.3 is 17.9 Å². The Morgan fingerprint density at radius 1 is 0.477 bits per heavy atom. The number of rotatable bonds is 46. The van der Waals surface area contributed by atoms with Gasteiger partial charge in [0, 0.05) is 12.8 Å². The number of aliphatic carboxylic acids is 1. The molecule has 0 aliphatic rings. The zero-order chi connectivity index (χ0) is 47.7. The monoisotopic (exact) mass is 911 g/mol. The number of likely N-dealkylation sites (N-methyl/N-ethyl adjacent to an activating group) is 1. The summed E-state index contributed by atoms with van der Waals surface area (Å²) < 4.78 is 22.8. The Hall–Kier alpha value is -3.53. The minimum absolute atomic E-state index is 0.180. The van der Waals surface area contributed by atoms with Gasteiger partial charge in [-0.15, -0.1) is 0 Å². The number of carboxylic acid groups (broad SMARTS) is 1. The Bertz CT molecular complexity index is 1340. The van der Waals surface area contributed by atoms with Crippen LogP contribution in [0.5, 0.6) is 0 Å². The van der Waals surface area contributed by atoms with E-state index in [4.69, 9.17) is 18.9 Å². The first kappa shape index (κ1) is 61.5. The van der Waals surface area contributed by atoms with E-state index in [0.717, 1.165) is 103 Å². The van der Waals surface area contributed by atoms with Crippen LogP contribution in [0.2, 0.25) is 0 Å². The van der Waals surface area contributed by atoms with Crippen molar-refractivity contribution in [1.29, 1.82) is 0 Å². The summed E-state index contributed by atoms with van der Waals surface area (Å²) in [5.74, 6) is -2.04. The average Bonchev–Trinajstić information content (AvgIpc) is 3.27. The second kappa shape index (κ2) is 47.0. The van der Waals surface area contributed by atoms with E-state index in [1.165, 1.54) is 57.8 Å². The van der Waals surface area contributed by atoms with Crippen molar-refractivity contribution in [2.24, 2.45) is 0 Å². The van der Waals surface area contributed by atoms with Gasteiger partial charge in [-0.2, -0.15) is 0 Å². The lowest BCUT2D eigenvalue weighted by Crippen LogP contribution is -2.40. The molecule has 0 fully saturated rings. The molecule has 1 N–H and O–H groups in total. The third-order valence-electron chi connectivity index (χ3n) is 10.6. The van der Waals surface area contributed by atoms with Gasteiger partial charge in [-0.3, -0.25) is 9.59 Å². The first-order valence-electron chi connectivity index (χ1n) is 25.8. The predicted molar refractivity (Wildman–Crippen MR) is 272 cm³/mol. The van der Waals surface area contributed by atoms with Gasteiger partial charge < -0.3 is 28.5 Å². The quantitative estimate of drug-likeness (QED) is 0.0211. The van der Waals surface area contributed by atoms with E-state index in [-0.39, 0.29) is 38.6 Å². The molecule has 0 aromatic carbocycles. The van der Waals surface area contributed by atoms with E-state index in [1.54, 1.807) is 0 Å². The predicted octanol–water partition coefficient (Wildman–Crippen LogP) is 14.4. The van der Waals surface area contributed by atoms with Gasteiger partial charge in [-0.1, -0.05) is 176 Å². The van der Waals surface area contributed by atoms with Crippen LogP contribution in [0.25, 0.3) is 0 Å². The van der Waals surface area contributed by atoms with Crippen LogP contribution < -0.4 is 0 Å². The molecule has 0 radical (unpaired) electrons. The molecular weight excluding hydrogens is 815 g/mol. The summed E-state index contributed by atoms with van der Waals surface area (Å²) in [6.07, 6.45) is 57.8. The minimum atomic E-state index is -1.52. The number of carbonyl (C=O) groups excluding carboxylic acids is 2. The summed E-state index contributed by atoms with van der Waals surface area (Å²) in [7, 11) is 5.95. The molecule has 2 atom stereocenters. The van der Waals surface area contributed by atoms with Crippen LogP contribution in [0, 0.1) is 0 Å². The summed E-state index contributed by atoms with van der Waals surface area (Å²) in [6.45, 7) is 4.70. The molecule has 0 saturated heterocycles. The lowest BCUT2D eigenvalue weighted by Gasteiger charge is -2.25. The van der Waals surface area contributed by atoms with E-state index < -0.39 is 24.3 Å². The molecule has 0 aliphatic carbocycles. The van der Waals surface area contributed by atoms with E-state index >= 15 is 0 Å². The number of allylic oxidation sites excluding steroid dienone is 14. The standard InChI is InChI=1S/C56H95NO8/c1-6-8-10-12-14-16-18-20-22-23-24-25-26-27-28-29-30-31-33-35-37-39-41-43-45-47-54(59)65-52(51-64-56(55(60)61)62-49-48-57(3,4)5)50-63-53(58)46-44-42-40-38-36-34-32-21-19-17-15-13-11-9-7-2/h8,10,14-17,20-22,24-25,27-28,32,52,56H,6-7,9,11-13,18-19,23,26,29-31,33-51H2,1-5H3/p+1/b10-8-,16-14-,17-15-,22-20-,25-24-,28-27-,32-21-. The number of ether oxygens (including phenoxy) is 4. The Morgan fingerprint density at radius 3 is 1.31 bits per heavy atom. The van der Waals surface area contributed by atoms with Crippen molar-refractivity contribution in [3.63, 3.8) is 0 Å². The van der Waals surface area contributed by atoms with Crippen LogP contribution in [0.4, 0.5) is 0 Å². The molecule has 0 aliphatic heterocycles. The van der Waals surface area contributed by atoms with Gasteiger partial charge in [-0.25, -0.2) is 4.79 Å². The van der Waals surface area contributed by atoms with Crippen molar-refractivity contribution < 1.29 is 42.9 Å². The Labute approximate surface area is 398 Å². The summed E-state index contributed by atoms with van der Waals surface area (Å²) >= 11 is 0. The summed E-state index contributed by atoms with van der Waals surface area (Å²) in [6, 6.07) is 0. The highest BCUT2D eigenvalue weighted by Crippen LogP contribution is 2.14. The van der Waals surface area contributed by atoms with Crippen molar-refractivity contribution >= 4 is 17.9 Å². The normalized spacial score (nSPS) is 13.6. The maximum Gasteiger partial charge on any atom is 0.361 e. The van der Waals surface area contributed by atoms with E-state index in [9.17, 15) is 19.5 Å². The van der Waals surface area contributed by atoms with Crippen molar-refractivity contribution in [2.45, 2.75) is 206 Å². The first-order chi connectivity index (χ1) is 31.6. The Morgan fingerprint density at radius 2 is 0.877 bits per heavy atom. The van der Waals surface area contributed by atoms with Crippen LogP contribution in [0.15, 0.2) is 85.1 Å². The number of esters is 2. The number of unbranched alkanes of at least 4 members (excludes halogenated alkanes) is 17. The van der Waals surface area contributed by atoms with Crippen molar-refractivity contribution in [3.05, 3.63) is 85.1 Å². The second-order valence-corrected chi connectivity index (χ2v) is 18.1. The first-order valence-corrected chi connectivity index (χ1v) is 25.8. The topological polar surface area (TPSA) is 108 Å². The van der Waals surface area contributed by atoms with Crippen LogP contribution in [-0.2, 0) is 33.3 Å². The molecule has 65 heavy (non-hydrogen) atoms. The molecular formula is C56H96NO8+. The van der Waals surface area contributed by atoms with Crippen LogP contribution in [0.1, 0.15) is 194 Å². The zero-order valence-electron chi connectivity index (χ0n) is 42.1. The third-order valence-corrected chi connectivity index (χ3v) is 10.6. The molecule has 0 aromatic rings. The fourth-order valence-corrected chi connectivity index (χ4v) is 6.66. The molecule has 2 unspecified atom stereocenters. The molecule has 0 amide bonds. The van der Waals surface area contributed by atoms with Crippen molar-refractivity contribution in [3.8, 4) is 0 Å². The summed E-state index contributed by atoms with van der Waals surface area (Å²) in [5, 5.41) is 9.67. The largest absolute Gasteiger partial charge is 0.477 e. The van der Waals surface area contributed by atoms with E-state index in [2.05, 4.69) is 98.9 Å². The van der Waals surface area contributed by atoms with Crippen LogP contribution in [0.3, 0.4) is 0 Å². The summed E-state index contributed by atoms with van der Waals surface area (Å²) in [5.41, 5.74) is 0. The second-order valence-electron chi connectivity index (χ2n) is 18.1. The maximum absolute atomic E-state index is 12.8. The zero-order valence-corrected chi connectivity index (χ0v) is 42.1. The van der Waals surface area contributed by atoms with Gasteiger partial charge in [0.25, 0.3) is 6.29 Å². The lowest BCUT2D eigenvalue weighted by atomic mass is 10.1. The number of carboxylic acids is 1. The number of quaternary nitrogens is 1. The SMILES string of the molecule is CC/C=C\C/C=C\C/C=C\C/C=C\C/C=C\CCCCCCCCCCCC(=O)OC(COC(=O)CCCCCCC/C=C\C/C=C\CCCCC)COC(OCC[N+](C)(C)C)C(=O)O. The minimum Gasteiger partial charge on any atom is -0.477 e. The lowest BCUT2D eigenvalue weighted by molar-refractivity contribution is -0.870. The Balaban J connectivity index is 4.35. The fraction of sp³-hybridized carbons (Fsp3) is 0.696. The summed E-state index contributed by atoms with van der Waals surface area (Å²) in [4.78, 5) is 37.3. The molecule has 0 saturated carbocycles.